The molecule has 2 rings (SSSR count). The van der Waals surface area contributed by atoms with Gasteiger partial charge in [-0.1, -0.05) is 13.3 Å². The molecule has 0 amide bonds. The van der Waals surface area contributed by atoms with Gasteiger partial charge in [0.2, 0.25) is 0 Å². The average Bonchev–Trinajstić information content (AvgIpc) is 2.33. The molecular formula is C14H20O2. The molecule has 1 fully saturated rings. The number of rotatable bonds is 3. The van der Waals surface area contributed by atoms with Crippen LogP contribution in [0.3, 0.4) is 0 Å². The fourth-order valence-corrected chi connectivity index (χ4v) is 2.49. The van der Waals surface area contributed by atoms with Crippen molar-refractivity contribution in [3.8, 4) is 11.5 Å². The van der Waals surface area contributed by atoms with E-state index in [-0.39, 0.29) is 5.60 Å². The largest absolute Gasteiger partial charge is 0.508 e. The summed E-state index contributed by atoms with van der Waals surface area (Å²) in [4.78, 5) is 0. The number of aromatic hydroxyl groups is 1. The van der Waals surface area contributed by atoms with Crippen LogP contribution in [0.25, 0.3) is 0 Å². The number of ether oxygens (including phenoxy) is 1. The molecular weight excluding hydrogens is 200 g/mol. The van der Waals surface area contributed by atoms with E-state index in [1.165, 1.54) is 19.3 Å². The Morgan fingerprint density at radius 1 is 1.12 bits per heavy atom. The Balaban J connectivity index is 2.08. The van der Waals surface area contributed by atoms with E-state index in [1.807, 2.05) is 12.1 Å². The molecule has 88 valence electrons. The van der Waals surface area contributed by atoms with E-state index < -0.39 is 0 Å². The molecule has 2 nitrogen and oxygen atoms in total. The van der Waals surface area contributed by atoms with Crippen LogP contribution in [-0.4, -0.2) is 10.7 Å². The standard InChI is InChI=1S/C14H20O2/c1-2-14(10-4-3-5-11-14)16-13-8-6-12(15)7-9-13/h6-9,15H,2-5,10-11H2,1H3. The highest BCUT2D eigenvalue weighted by Crippen LogP contribution is 2.35. The van der Waals surface area contributed by atoms with Crippen molar-refractivity contribution >= 4 is 0 Å². The lowest BCUT2D eigenvalue weighted by Gasteiger charge is -2.37. The first-order valence-corrected chi connectivity index (χ1v) is 6.22. The SMILES string of the molecule is CCC1(Oc2ccc(O)cc2)CCCCC1. The summed E-state index contributed by atoms with van der Waals surface area (Å²) in [5.41, 5.74) is 0.0369. The van der Waals surface area contributed by atoms with Gasteiger partial charge in [-0.3, -0.25) is 0 Å². The van der Waals surface area contributed by atoms with Gasteiger partial charge in [0, 0.05) is 0 Å². The molecule has 2 heteroatoms. The number of benzene rings is 1. The van der Waals surface area contributed by atoms with E-state index in [1.54, 1.807) is 12.1 Å². The third-order valence-corrected chi connectivity index (χ3v) is 3.58. The highest BCUT2D eigenvalue weighted by atomic mass is 16.5. The third-order valence-electron chi connectivity index (χ3n) is 3.58. The molecule has 1 aromatic carbocycles. The maximum atomic E-state index is 9.23. The summed E-state index contributed by atoms with van der Waals surface area (Å²) in [5, 5.41) is 9.23. The summed E-state index contributed by atoms with van der Waals surface area (Å²) in [5.74, 6) is 1.17. The van der Waals surface area contributed by atoms with Crippen LogP contribution >= 0.6 is 0 Å². The highest BCUT2D eigenvalue weighted by Gasteiger charge is 2.32. The van der Waals surface area contributed by atoms with Gasteiger partial charge < -0.3 is 9.84 Å². The van der Waals surface area contributed by atoms with E-state index in [0.29, 0.717) is 5.75 Å². The Bertz CT molecular complexity index is 323. The number of phenolic OH excluding ortho intramolecular Hbond substituents is 1. The third kappa shape index (κ3) is 2.49. The quantitative estimate of drug-likeness (QED) is 0.837. The summed E-state index contributed by atoms with van der Waals surface area (Å²) in [6.45, 7) is 2.20. The average molecular weight is 220 g/mol. The van der Waals surface area contributed by atoms with Gasteiger partial charge in [0.25, 0.3) is 0 Å². The predicted octanol–water partition coefficient (Wildman–Crippen LogP) is 3.88. The van der Waals surface area contributed by atoms with Crippen LogP contribution in [-0.2, 0) is 0 Å². The van der Waals surface area contributed by atoms with E-state index in [0.717, 1.165) is 25.0 Å². The van der Waals surface area contributed by atoms with Crippen LogP contribution in [0.2, 0.25) is 0 Å². The molecule has 1 aliphatic carbocycles. The summed E-state index contributed by atoms with van der Waals surface area (Å²) in [6.07, 6.45) is 7.25. The summed E-state index contributed by atoms with van der Waals surface area (Å²) in [7, 11) is 0. The lowest BCUT2D eigenvalue weighted by atomic mass is 9.82. The monoisotopic (exact) mass is 220 g/mol. The van der Waals surface area contributed by atoms with Gasteiger partial charge in [-0.2, -0.15) is 0 Å². The second kappa shape index (κ2) is 4.77. The molecule has 0 saturated heterocycles. The van der Waals surface area contributed by atoms with Gasteiger partial charge in [0.15, 0.2) is 0 Å². The highest BCUT2D eigenvalue weighted by molar-refractivity contribution is 5.30. The fraction of sp³-hybridized carbons (Fsp3) is 0.571. The zero-order chi connectivity index (χ0) is 11.4. The Kier molecular flexibility index (Phi) is 3.37. The van der Waals surface area contributed by atoms with Crippen LogP contribution in [0.4, 0.5) is 0 Å². The minimum absolute atomic E-state index is 0.0369. The van der Waals surface area contributed by atoms with E-state index >= 15 is 0 Å². The van der Waals surface area contributed by atoms with Crippen molar-refractivity contribution in [3.63, 3.8) is 0 Å². The van der Waals surface area contributed by atoms with E-state index in [2.05, 4.69) is 6.92 Å². The minimum atomic E-state index is 0.0369. The Hall–Kier alpha value is -1.18. The fourth-order valence-electron chi connectivity index (χ4n) is 2.49. The molecule has 0 radical (unpaired) electrons. The normalized spacial score (nSPS) is 19.3. The van der Waals surface area contributed by atoms with Gasteiger partial charge in [-0.15, -0.1) is 0 Å². The first-order valence-electron chi connectivity index (χ1n) is 6.22. The van der Waals surface area contributed by atoms with Crippen molar-refractivity contribution in [1.29, 1.82) is 0 Å². The Morgan fingerprint density at radius 3 is 2.31 bits per heavy atom. The van der Waals surface area contributed by atoms with Gasteiger partial charge >= 0.3 is 0 Å². The molecule has 1 aromatic rings. The number of hydrogen-bond acceptors (Lipinski definition) is 2. The molecule has 1 aliphatic rings. The van der Waals surface area contributed by atoms with E-state index in [9.17, 15) is 5.11 Å². The van der Waals surface area contributed by atoms with Crippen molar-refractivity contribution in [2.45, 2.75) is 51.0 Å². The second-order valence-electron chi connectivity index (χ2n) is 4.69. The maximum absolute atomic E-state index is 9.23. The molecule has 0 heterocycles. The number of hydrogen-bond donors (Lipinski definition) is 1. The van der Waals surface area contributed by atoms with Gasteiger partial charge in [0.1, 0.15) is 17.1 Å². The molecule has 0 aliphatic heterocycles. The van der Waals surface area contributed by atoms with Crippen molar-refractivity contribution in [3.05, 3.63) is 24.3 Å². The zero-order valence-corrected chi connectivity index (χ0v) is 9.91. The van der Waals surface area contributed by atoms with Crippen LogP contribution in [0.5, 0.6) is 11.5 Å². The molecule has 1 saturated carbocycles. The first kappa shape index (κ1) is 11.3. The minimum Gasteiger partial charge on any atom is -0.508 e. The van der Waals surface area contributed by atoms with Crippen LogP contribution in [0, 0.1) is 0 Å². The van der Waals surface area contributed by atoms with Crippen molar-refractivity contribution in [2.75, 3.05) is 0 Å². The first-order chi connectivity index (χ1) is 7.74. The smallest absolute Gasteiger partial charge is 0.120 e. The summed E-state index contributed by atoms with van der Waals surface area (Å²) in [6, 6.07) is 7.06. The molecule has 0 bridgehead atoms. The van der Waals surface area contributed by atoms with Crippen LogP contribution in [0.1, 0.15) is 45.4 Å². The lowest BCUT2D eigenvalue weighted by molar-refractivity contribution is 0.0265. The zero-order valence-electron chi connectivity index (χ0n) is 9.91. The van der Waals surface area contributed by atoms with Crippen LogP contribution in [0.15, 0.2) is 24.3 Å². The Morgan fingerprint density at radius 2 is 1.75 bits per heavy atom. The molecule has 1 N–H and O–H groups in total. The van der Waals surface area contributed by atoms with Gasteiger partial charge in [-0.05, 0) is 56.4 Å². The molecule has 0 atom stereocenters. The predicted molar refractivity (Wildman–Crippen MR) is 64.8 cm³/mol. The van der Waals surface area contributed by atoms with Gasteiger partial charge in [0.05, 0.1) is 0 Å². The maximum Gasteiger partial charge on any atom is 0.120 e. The van der Waals surface area contributed by atoms with Crippen molar-refractivity contribution in [1.82, 2.24) is 0 Å². The summed E-state index contributed by atoms with van der Waals surface area (Å²) < 4.78 is 6.14. The van der Waals surface area contributed by atoms with Crippen LogP contribution < -0.4 is 4.74 Å². The molecule has 16 heavy (non-hydrogen) atoms. The Labute approximate surface area is 97.3 Å². The molecule has 0 unspecified atom stereocenters. The lowest BCUT2D eigenvalue weighted by Crippen LogP contribution is -2.37. The van der Waals surface area contributed by atoms with E-state index in [4.69, 9.17) is 4.74 Å². The van der Waals surface area contributed by atoms with Gasteiger partial charge in [-0.25, -0.2) is 0 Å². The topological polar surface area (TPSA) is 29.5 Å². The van der Waals surface area contributed by atoms with Crippen molar-refractivity contribution in [2.24, 2.45) is 0 Å². The molecule has 0 spiro atoms. The molecule has 0 aromatic heterocycles. The van der Waals surface area contributed by atoms with Crippen molar-refractivity contribution < 1.29 is 9.84 Å². The summed E-state index contributed by atoms with van der Waals surface area (Å²) >= 11 is 0. The second-order valence-corrected chi connectivity index (χ2v) is 4.69. The number of phenols is 1.